The van der Waals surface area contributed by atoms with Crippen molar-refractivity contribution in [2.45, 2.75) is 6.54 Å². The molecule has 1 aromatic heterocycles. The third-order valence-corrected chi connectivity index (χ3v) is 5.27. The van der Waals surface area contributed by atoms with Crippen molar-refractivity contribution >= 4 is 17.3 Å². The van der Waals surface area contributed by atoms with Gasteiger partial charge in [-0.2, -0.15) is 5.26 Å². The molecule has 1 aliphatic heterocycles. The van der Waals surface area contributed by atoms with E-state index in [1.807, 2.05) is 12.1 Å². The second-order valence-electron chi connectivity index (χ2n) is 7.29. The van der Waals surface area contributed by atoms with Gasteiger partial charge in [0.1, 0.15) is 6.07 Å². The SMILES string of the molecule is N#Cc1ccccc1NC(=O)c1cncc(N2CCN(Cc3ccccc3)CC2)c1. The van der Waals surface area contributed by atoms with E-state index >= 15 is 0 Å². The fourth-order valence-corrected chi connectivity index (χ4v) is 3.61. The van der Waals surface area contributed by atoms with Gasteiger partial charge in [0.05, 0.1) is 28.7 Å². The minimum absolute atomic E-state index is 0.269. The van der Waals surface area contributed by atoms with Crippen LogP contribution in [-0.4, -0.2) is 42.0 Å². The van der Waals surface area contributed by atoms with Crippen LogP contribution in [0.15, 0.2) is 73.1 Å². The molecule has 0 saturated carbocycles. The van der Waals surface area contributed by atoms with Crippen molar-refractivity contribution in [1.29, 1.82) is 5.26 Å². The first-order valence-corrected chi connectivity index (χ1v) is 10.00. The third kappa shape index (κ3) is 4.65. The predicted octanol–water partition coefficient (Wildman–Crippen LogP) is 3.53. The molecule has 1 amide bonds. The van der Waals surface area contributed by atoms with Gasteiger partial charge in [0.2, 0.25) is 0 Å². The van der Waals surface area contributed by atoms with Crippen LogP contribution in [0.25, 0.3) is 0 Å². The number of carbonyl (C=O) groups excluding carboxylic acids is 1. The van der Waals surface area contributed by atoms with Crippen molar-refractivity contribution in [1.82, 2.24) is 9.88 Å². The Morgan fingerprint density at radius 3 is 2.50 bits per heavy atom. The molecule has 0 aliphatic carbocycles. The Bertz CT molecular complexity index is 1050. The number of amides is 1. The lowest BCUT2D eigenvalue weighted by Gasteiger charge is -2.36. The number of anilines is 2. The van der Waals surface area contributed by atoms with Crippen LogP contribution in [0.5, 0.6) is 0 Å². The highest BCUT2D eigenvalue weighted by molar-refractivity contribution is 6.05. The first-order chi connectivity index (χ1) is 14.7. The number of nitriles is 1. The number of carbonyl (C=O) groups is 1. The molecule has 2 heterocycles. The van der Waals surface area contributed by atoms with Crippen LogP contribution in [0.1, 0.15) is 21.5 Å². The largest absolute Gasteiger partial charge is 0.368 e. The summed E-state index contributed by atoms with van der Waals surface area (Å²) in [4.78, 5) is 21.7. The molecule has 0 unspecified atom stereocenters. The quantitative estimate of drug-likeness (QED) is 0.713. The van der Waals surface area contributed by atoms with Gasteiger partial charge in [-0.25, -0.2) is 0 Å². The Balaban J connectivity index is 1.39. The molecule has 0 radical (unpaired) electrons. The van der Waals surface area contributed by atoms with Crippen LogP contribution in [-0.2, 0) is 6.54 Å². The summed E-state index contributed by atoms with van der Waals surface area (Å²) in [7, 11) is 0. The van der Waals surface area contributed by atoms with E-state index in [-0.39, 0.29) is 5.91 Å². The average molecular weight is 397 g/mol. The second-order valence-corrected chi connectivity index (χ2v) is 7.29. The summed E-state index contributed by atoms with van der Waals surface area (Å²) in [5.41, 5.74) is 3.68. The number of piperazine rings is 1. The molecule has 1 aliphatic rings. The summed E-state index contributed by atoms with van der Waals surface area (Å²) in [5.74, 6) is -0.269. The molecular weight excluding hydrogens is 374 g/mol. The van der Waals surface area contributed by atoms with E-state index in [0.717, 1.165) is 38.4 Å². The number of hydrogen-bond acceptors (Lipinski definition) is 5. The Labute approximate surface area is 176 Å². The van der Waals surface area contributed by atoms with Crippen LogP contribution in [0.2, 0.25) is 0 Å². The Hall–Kier alpha value is -3.69. The summed E-state index contributed by atoms with van der Waals surface area (Å²) < 4.78 is 0. The van der Waals surface area contributed by atoms with E-state index < -0.39 is 0 Å². The highest BCUT2D eigenvalue weighted by Crippen LogP contribution is 2.20. The smallest absolute Gasteiger partial charge is 0.257 e. The molecule has 150 valence electrons. The van der Waals surface area contributed by atoms with Gasteiger partial charge in [-0.3, -0.25) is 14.7 Å². The number of nitrogens with one attached hydrogen (secondary N) is 1. The fraction of sp³-hybridized carbons (Fsp3) is 0.208. The van der Waals surface area contributed by atoms with E-state index in [1.54, 1.807) is 36.7 Å². The zero-order valence-corrected chi connectivity index (χ0v) is 16.7. The number of hydrogen-bond donors (Lipinski definition) is 1. The van der Waals surface area contributed by atoms with E-state index in [2.05, 4.69) is 50.4 Å². The van der Waals surface area contributed by atoms with Gasteiger partial charge in [0.15, 0.2) is 0 Å². The Morgan fingerprint density at radius 2 is 1.73 bits per heavy atom. The van der Waals surface area contributed by atoms with Crippen molar-refractivity contribution in [2.24, 2.45) is 0 Å². The number of benzene rings is 2. The van der Waals surface area contributed by atoms with Crippen molar-refractivity contribution < 1.29 is 4.79 Å². The summed E-state index contributed by atoms with van der Waals surface area (Å²) in [6.45, 7) is 4.64. The summed E-state index contributed by atoms with van der Waals surface area (Å²) in [6.07, 6.45) is 3.35. The summed E-state index contributed by atoms with van der Waals surface area (Å²) in [6, 6.07) is 21.4. The zero-order chi connectivity index (χ0) is 20.8. The predicted molar refractivity (Wildman–Crippen MR) is 117 cm³/mol. The number of rotatable bonds is 5. The number of para-hydroxylation sites is 1. The topological polar surface area (TPSA) is 72.3 Å². The first-order valence-electron chi connectivity index (χ1n) is 10.00. The van der Waals surface area contributed by atoms with Crippen molar-refractivity contribution in [3.05, 3.63) is 89.7 Å². The van der Waals surface area contributed by atoms with E-state index in [0.29, 0.717) is 16.8 Å². The highest BCUT2D eigenvalue weighted by Gasteiger charge is 2.19. The van der Waals surface area contributed by atoms with Crippen molar-refractivity contribution in [3.8, 4) is 6.07 Å². The van der Waals surface area contributed by atoms with Crippen LogP contribution >= 0.6 is 0 Å². The maximum absolute atomic E-state index is 12.7. The molecule has 1 N–H and O–H groups in total. The van der Waals surface area contributed by atoms with Crippen LogP contribution in [0, 0.1) is 11.3 Å². The van der Waals surface area contributed by atoms with E-state index in [1.165, 1.54) is 5.56 Å². The summed E-state index contributed by atoms with van der Waals surface area (Å²) in [5, 5.41) is 12.0. The van der Waals surface area contributed by atoms with Gasteiger partial charge in [0.25, 0.3) is 5.91 Å². The van der Waals surface area contributed by atoms with E-state index in [4.69, 9.17) is 0 Å². The van der Waals surface area contributed by atoms with Crippen LogP contribution in [0.4, 0.5) is 11.4 Å². The lowest BCUT2D eigenvalue weighted by atomic mass is 10.1. The first kappa shape index (κ1) is 19.6. The van der Waals surface area contributed by atoms with Gasteiger partial charge < -0.3 is 10.2 Å². The lowest BCUT2D eigenvalue weighted by molar-refractivity contribution is 0.102. The molecule has 3 aromatic rings. The summed E-state index contributed by atoms with van der Waals surface area (Å²) >= 11 is 0. The molecular formula is C24H23N5O. The Morgan fingerprint density at radius 1 is 1.00 bits per heavy atom. The molecule has 1 saturated heterocycles. The van der Waals surface area contributed by atoms with Gasteiger partial charge in [-0.1, -0.05) is 42.5 Å². The van der Waals surface area contributed by atoms with E-state index in [9.17, 15) is 10.1 Å². The normalized spacial score (nSPS) is 14.2. The molecule has 30 heavy (non-hydrogen) atoms. The maximum atomic E-state index is 12.7. The number of pyridine rings is 1. The second kappa shape index (κ2) is 9.21. The van der Waals surface area contributed by atoms with Gasteiger partial charge in [0, 0.05) is 38.9 Å². The van der Waals surface area contributed by atoms with Gasteiger partial charge >= 0.3 is 0 Å². The van der Waals surface area contributed by atoms with Gasteiger partial charge in [-0.05, 0) is 23.8 Å². The molecule has 2 aromatic carbocycles. The molecule has 6 heteroatoms. The van der Waals surface area contributed by atoms with Gasteiger partial charge in [-0.15, -0.1) is 0 Å². The van der Waals surface area contributed by atoms with Crippen LogP contribution in [0.3, 0.4) is 0 Å². The standard InChI is InChI=1S/C24H23N5O/c25-15-20-8-4-5-9-23(20)27-24(30)21-14-22(17-26-16-21)29-12-10-28(11-13-29)18-19-6-2-1-3-7-19/h1-9,14,16-17H,10-13,18H2,(H,27,30). The Kier molecular flexibility index (Phi) is 6.02. The fourth-order valence-electron chi connectivity index (χ4n) is 3.61. The molecule has 0 atom stereocenters. The zero-order valence-electron chi connectivity index (χ0n) is 16.7. The molecule has 0 bridgehead atoms. The highest BCUT2D eigenvalue weighted by atomic mass is 16.1. The molecule has 4 rings (SSSR count). The third-order valence-electron chi connectivity index (χ3n) is 5.27. The molecule has 1 fully saturated rings. The maximum Gasteiger partial charge on any atom is 0.257 e. The monoisotopic (exact) mass is 397 g/mol. The van der Waals surface area contributed by atoms with Crippen LogP contribution < -0.4 is 10.2 Å². The number of nitrogens with zero attached hydrogens (tertiary/aromatic N) is 4. The molecule has 0 spiro atoms. The minimum Gasteiger partial charge on any atom is -0.368 e. The average Bonchev–Trinajstić information content (AvgIpc) is 2.81. The molecule has 6 nitrogen and oxygen atoms in total. The minimum atomic E-state index is -0.269. The van der Waals surface area contributed by atoms with Crippen molar-refractivity contribution in [3.63, 3.8) is 0 Å². The number of aromatic nitrogens is 1. The van der Waals surface area contributed by atoms with Crippen molar-refractivity contribution in [2.75, 3.05) is 36.4 Å². The lowest BCUT2D eigenvalue weighted by Crippen LogP contribution is -2.46.